The van der Waals surface area contributed by atoms with Gasteiger partial charge in [0.15, 0.2) is 9.84 Å². The number of anilines is 1. The second kappa shape index (κ2) is 7.11. The minimum Gasteiger partial charge on any atom is -0.494 e. The predicted molar refractivity (Wildman–Crippen MR) is 97.6 cm³/mol. The van der Waals surface area contributed by atoms with Crippen molar-refractivity contribution < 1.29 is 17.9 Å². The van der Waals surface area contributed by atoms with Crippen LogP contribution in [-0.4, -0.2) is 32.7 Å². The molecule has 1 atom stereocenters. The van der Waals surface area contributed by atoms with Gasteiger partial charge in [-0.3, -0.25) is 4.79 Å². The highest BCUT2D eigenvalue weighted by molar-refractivity contribution is 7.94. The van der Waals surface area contributed by atoms with E-state index in [1.807, 2.05) is 13.0 Å². The Morgan fingerprint density at radius 3 is 2.36 bits per heavy atom. The average molecular weight is 357 g/mol. The molecule has 2 aromatic carbocycles. The fourth-order valence-electron chi connectivity index (χ4n) is 2.77. The highest BCUT2D eigenvalue weighted by atomic mass is 32.2. The summed E-state index contributed by atoms with van der Waals surface area (Å²) < 4.78 is 29.1. The van der Waals surface area contributed by atoms with Gasteiger partial charge in [0.2, 0.25) is 0 Å². The van der Waals surface area contributed by atoms with E-state index in [-0.39, 0.29) is 11.7 Å². The monoisotopic (exact) mass is 357 g/mol. The number of hydrogen-bond donors (Lipinski definition) is 0. The molecule has 0 saturated carbocycles. The van der Waals surface area contributed by atoms with Crippen molar-refractivity contribution in [3.63, 3.8) is 0 Å². The van der Waals surface area contributed by atoms with Crippen molar-refractivity contribution in [2.45, 2.75) is 13.0 Å². The lowest BCUT2D eigenvalue weighted by Gasteiger charge is -2.28. The van der Waals surface area contributed by atoms with Gasteiger partial charge in [-0.2, -0.15) is 0 Å². The van der Waals surface area contributed by atoms with Gasteiger partial charge in [0.05, 0.1) is 18.4 Å². The van der Waals surface area contributed by atoms with Crippen LogP contribution in [0.3, 0.4) is 0 Å². The molecule has 1 unspecified atom stereocenters. The van der Waals surface area contributed by atoms with Crippen LogP contribution in [0.15, 0.2) is 66.1 Å². The Balaban J connectivity index is 1.97. The van der Waals surface area contributed by atoms with E-state index >= 15 is 0 Å². The lowest BCUT2D eigenvalue weighted by atomic mass is 10.1. The predicted octanol–water partition coefficient (Wildman–Crippen LogP) is 3.04. The number of nitrogens with zero attached hydrogens (tertiary/aromatic N) is 1. The van der Waals surface area contributed by atoms with Gasteiger partial charge in [0.1, 0.15) is 5.75 Å². The van der Waals surface area contributed by atoms with Gasteiger partial charge >= 0.3 is 0 Å². The Bertz CT molecular complexity index is 873. The third-order valence-corrected chi connectivity index (χ3v) is 5.29. The van der Waals surface area contributed by atoms with Crippen molar-refractivity contribution in [1.29, 1.82) is 0 Å². The second-order valence-electron chi connectivity index (χ2n) is 5.69. The van der Waals surface area contributed by atoms with Crippen LogP contribution in [0.1, 0.15) is 17.3 Å². The molecule has 0 saturated heterocycles. The molecule has 1 aliphatic heterocycles. The molecule has 3 rings (SSSR count). The van der Waals surface area contributed by atoms with Gasteiger partial charge in [0.25, 0.3) is 5.91 Å². The molecule has 1 amide bonds. The number of carbonyl (C=O) groups excluding carboxylic acids is 1. The van der Waals surface area contributed by atoms with Crippen LogP contribution in [0.4, 0.5) is 5.69 Å². The molecule has 0 aromatic heterocycles. The molecule has 0 bridgehead atoms. The van der Waals surface area contributed by atoms with Crippen molar-refractivity contribution in [1.82, 2.24) is 0 Å². The number of benzene rings is 2. The summed E-state index contributed by atoms with van der Waals surface area (Å²) in [6.07, 6.45) is 1.56. The van der Waals surface area contributed by atoms with E-state index in [1.165, 1.54) is 10.3 Å². The molecule has 1 heterocycles. The molecule has 0 fully saturated rings. The smallest absolute Gasteiger partial charge is 0.258 e. The highest BCUT2D eigenvalue weighted by Crippen LogP contribution is 2.27. The van der Waals surface area contributed by atoms with Crippen LogP contribution < -0.4 is 9.64 Å². The van der Waals surface area contributed by atoms with Crippen LogP contribution >= 0.6 is 0 Å². The quantitative estimate of drug-likeness (QED) is 0.825. The maximum absolute atomic E-state index is 13.0. The van der Waals surface area contributed by atoms with E-state index in [0.717, 1.165) is 0 Å². The fraction of sp³-hybridized carbons (Fsp3) is 0.211. The third kappa shape index (κ3) is 3.91. The summed E-state index contributed by atoms with van der Waals surface area (Å²) in [7, 11) is -3.28. The number of hydrogen-bond acceptors (Lipinski definition) is 4. The topological polar surface area (TPSA) is 63.7 Å². The Morgan fingerprint density at radius 1 is 1.12 bits per heavy atom. The summed E-state index contributed by atoms with van der Waals surface area (Å²) >= 11 is 0. The molecule has 1 aliphatic rings. The van der Waals surface area contributed by atoms with Crippen LogP contribution in [0.5, 0.6) is 5.75 Å². The zero-order chi connectivity index (χ0) is 17.9. The summed E-state index contributed by atoms with van der Waals surface area (Å²) in [5.74, 6) is 0.350. The first kappa shape index (κ1) is 17.2. The van der Waals surface area contributed by atoms with Gasteiger partial charge < -0.3 is 9.64 Å². The molecule has 6 heteroatoms. The summed E-state index contributed by atoms with van der Waals surface area (Å²) in [6.45, 7) is 2.45. The summed E-state index contributed by atoms with van der Waals surface area (Å²) in [5, 5.41) is 1.18. The number of sulfone groups is 1. The molecule has 0 radical (unpaired) electrons. The van der Waals surface area contributed by atoms with Crippen molar-refractivity contribution in [2.75, 3.05) is 17.3 Å². The molecule has 2 aromatic rings. The molecule has 5 nitrogen and oxygen atoms in total. The van der Waals surface area contributed by atoms with E-state index in [1.54, 1.807) is 54.6 Å². The van der Waals surface area contributed by atoms with Gasteiger partial charge in [-0.05, 0) is 49.4 Å². The molecule has 0 N–H and O–H groups in total. The van der Waals surface area contributed by atoms with E-state index in [9.17, 15) is 13.2 Å². The van der Waals surface area contributed by atoms with Crippen LogP contribution in [0, 0.1) is 0 Å². The zero-order valence-corrected chi connectivity index (χ0v) is 14.6. The zero-order valence-electron chi connectivity index (χ0n) is 13.8. The van der Waals surface area contributed by atoms with Crippen LogP contribution in [0.2, 0.25) is 0 Å². The van der Waals surface area contributed by atoms with Crippen LogP contribution in [-0.2, 0) is 9.84 Å². The minimum absolute atomic E-state index is 0.112. The average Bonchev–Trinajstić information content (AvgIpc) is 2.97. The molecule has 25 heavy (non-hydrogen) atoms. The lowest BCUT2D eigenvalue weighted by molar-refractivity contribution is 0.0983. The molecule has 130 valence electrons. The summed E-state index contributed by atoms with van der Waals surface area (Å²) in [5.41, 5.74) is 1.14. The van der Waals surface area contributed by atoms with E-state index in [4.69, 9.17) is 4.74 Å². The Kier molecular flexibility index (Phi) is 4.90. The molecule has 0 aliphatic carbocycles. The maximum Gasteiger partial charge on any atom is 0.258 e. The van der Waals surface area contributed by atoms with Crippen LogP contribution in [0.25, 0.3) is 0 Å². The van der Waals surface area contributed by atoms with Crippen molar-refractivity contribution in [3.8, 4) is 5.75 Å². The number of ether oxygens (including phenoxy) is 1. The Morgan fingerprint density at radius 2 is 1.80 bits per heavy atom. The van der Waals surface area contributed by atoms with Gasteiger partial charge in [-0.15, -0.1) is 0 Å². The third-order valence-electron chi connectivity index (χ3n) is 3.91. The second-order valence-corrected chi connectivity index (χ2v) is 7.62. The molecule has 0 spiro atoms. The first-order valence-corrected chi connectivity index (χ1v) is 9.74. The van der Waals surface area contributed by atoms with Crippen molar-refractivity contribution in [2.24, 2.45) is 0 Å². The normalized spacial score (nSPS) is 18.0. The van der Waals surface area contributed by atoms with E-state index < -0.39 is 15.9 Å². The molecular formula is C19H19NO4S. The van der Waals surface area contributed by atoms with Gasteiger partial charge in [-0.25, -0.2) is 8.42 Å². The Hall–Kier alpha value is -2.60. The number of amides is 1. The molecular weight excluding hydrogens is 338 g/mol. The largest absolute Gasteiger partial charge is 0.494 e. The Labute approximate surface area is 147 Å². The van der Waals surface area contributed by atoms with Crippen molar-refractivity contribution in [3.05, 3.63) is 71.6 Å². The van der Waals surface area contributed by atoms with Gasteiger partial charge in [0, 0.05) is 16.7 Å². The van der Waals surface area contributed by atoms with E-state index in [0.29, 0.717) is 23.6 Å². The first-order valence-electron chi connectivity index (χ1n) is 8.02. The fourth-order valence-corrected chi connectivity index (χ4v) is 4.04. The highest BCUT2D eigenvalue weighted by Gasteiger charge is 2.31. The lowest BCUT2D eigenvalue weighted by Crippen LogP contribution is -2.41. The SMILES string of the molecule is CCOc1ccc(N(C(=O)c2ccccc2)C2C=CS(=O)(=O)C2)cc1. The standard InChI is InChI=1S/C19H19NO4S/c1-2-24-18-10-8-16(9-11-18)20(17-12-13-25(22,23)14-17)19(21)15-6-4-3-5-7-15/h3-13,17H,2,14H2,1H3. The summed E-state index contributed by atoms with van der Waals surface area (Å²) in [4.78, 5) is 14.5. The minimum atomic E-state index is -3.28. The number of carbonyl (C=O) groups is 1. The summed E-state index contributed by atoms with van der Waals surface area (Å²) in [6, 6.07) is 15.4. The number of rotatable bonds is 5. The maximum atomic E-state index is 13.0. The van der Waals surface area contributed by atoms with Crippen molar-refractivity contribution >= 4 is 21.4 Å². The van der Waals surface area contributed by atoms with Gasteiger partial charge in [-0.1, -0.05) is 18.2 Å². The first-order chi connectivity index (χ1) is 12.0. The van der Waals surface area contributed by atoms with E-state index in [2.05, 4.69) is 0 Å².